The quantitative estimate of drug-likeness (QED) is 0.0602. The van der Waals surface area contributed by atoms with E-state index >= 15 is 0 Å². The fourth-order valence-electron chi connectivity index (χ4n) is 4.65. The number of furan rings is 1. The smallest absolute Gasteiger partial charge is 0.341 e. The molecule has 2 aromatic heterocycles. The molecule has 4 N–H and O–H groups in total. The summed E-state index contributed by atoms with van der Waals surface area (Å²) in [4.78, 5) is 66.3. The summed E-state index contributed by atoms with van der Waals surface area (Å²) < 4.78 is 10.3. The highest BCUT2D eigenvalue weighted by Crippen LogP contribution is 2.35. The molecule has 13 heteroatoms. The van der Waals surface area contributed by atoms with Gasteiger partial charge in [-0.2, -0.15) is 0 Å². The minimum atomic E-state index is -0.683. The molecule has 3 aromatic carbocycles. The Bertz CT molecular complexity index is 2040. The molecule has 0 aliphatic rings. The van der Waals surface area contributed by atoms with Crippen LogP contribution in [0.15, 0.2) is 118 Å². The van der Waals surface area contributed by atoms with Crippen LogP contribution in [-0.2, 0) is 14.3 Å². The summed E-state index contributed by atoms with van der Waals surface area (Å²) in [7, 11) is 1.23. The standard InChI is InChI=1S/C37H32N4O7S2/c1-22-30(37(46)47-3)36(50-31(22)35(45)38-25-14-8-5-9-15-25)41-32(42)23(2)49-28-18-10-16-26(20-28)39-34(44)29(21-27-17-11-19-48-27)40-33(43)24-12-6-4-7-13-24/h4-21,23H,1-3H3,(H,38,45)(H,39,44)(H,40,43)(H,41,42)/b29-21-. The van der Waals surface area contributed by atoms with Gasteiger partial charge in [-0.15, -0.1) is 23.1 Å². The molecular formula is C37H32N4O7S2. The number of anilines is 3. The van der Waals surface area contributed by atoms with Gasteiger partial charge < -0.3 is 30.4 Å². The largest absolute Gasteiger partial charge is 0.465 e. The van der Waals surface area contributed by atoms with E-state index in [2.05, 4.69) is 21.3 Å². The Morgan fingerprint density at radius 3 is 2.20 bits per heavy atom. The van der Waals surface area contributed by atoms with E-state index in [0.29, 0.717) is 33.2 Å². The first-order chi connectivity index (χ1) is 24.1. The van der Waals surface area contributed by atoms with Crippen molar-refractivity contribution in [3.63, 3.8) is 0 Å². The maximum absolute atomic E-state index is 13.4. The molecule has 0 aliphatic heterocycles. The molecular weight excluding hydrogens is 677 g/mol. The fraction of sp³-hybridized carbons (Fsp3) is 0.108. The normalized spacial score (nSPS) is 11.6. The third-order valence-corrected chi connectivity index (χ3v) is 9.44. The molecule has 1 unspecified atom stereocenters. The van der Waals surface area contributed by atoms with Crippen molar-refractivity contribution in [3.05, 3.63) is 136 Å². The monoisotopic (exact) mass is 708 g/mol. The Morgan fingerprint density at radius 2 is 1.52 bits per heavy atom. The summed E-state index contributed by atoms with van der Waals surface area (Å²) >= 11 is 2.20. The lowest BCUT2D eigenvalue weighted by atomic mass is 10.1. The van der Waals surface area contributed by atoms with Gasteiger partial charge in [0.1, 0.15) is 16.5 Å². The maximum atomic E-state index is 13.4. The molecule has 0 radical (unpaired) electrons. The number of carbonyl (C=O) groups is 5. The Morgan fingerprint density at radius 1 is 0.820 bits per heavy atom. The number of thioether (sulfide) groups is 1. The molecule has 4 amide bonds. The van der Waals surface area contributed by atoms with Gasteiger partial charge in [0.05, 0.1) is 29.1 Å². The highest BCUT2D eigenvalue weighted by atomic mass is 32.2. The number of methoxy groups -OCH3 is 1. The number of carbonyl (C=O) groups excluding carboxylic acids is 5. The number of rotatable bonds is 12. The summed E-state index contributed by atoms with van der Waals surface area (Å²) in [6, 6.07) is 27.5. The van der Waals surface area contributed by atoms with Gasteiger partial charge in [0, 0.05) is 27.9 Å². The Labute approximate surface area is 296 Å². The molecule has 254 valence electrons. The van der Waals surface area contributed by atoms with E-state index in [4.69, 9.17) is 9.15 Å². The molecule has 0 saturated carbocycles. The minimum absolute atomic E-state index is 0.0379. The van der Waals surface area contributed by atoms with Gasteiger partial charge in [0.15, 0.2) is 0 Å². The zero-order chi connectivity index (χ0) is 35.6. The van der Waals surface area contributed by atoms with Crippen LogP contribution in [0, 0.1) is 6.92 Å². The summed E-state index contributed by atoms with van der Waals surface area (Å²) in [5, 5.41) is 10.6. The van der Waals surface area contributed by atoms with E-state index in [-0.39, 0.29) is 21.1 Å². The Kier molecular flexibility index (Phi) is 11.6. The van der Waals surface area contributed by atoms with E-state index in [1.807, 2.05) is 6.07 Å². The van der Waals surface area contributed by atoms with E-state index in [0.717, 1.165) is 11.3 Å². The van der Waals surface area contributed by atoms with Crippen LogP contribution in [0.1, 0.15) is 48.6 Å². The molecule has 0 aliphatic carbocycles. The number of esters is 1. The molecule has 0 bridgehead atoms. The number of hydrogen-bond acceptors (Lipinski definition) is 9. The SMILES string of the molecule is COC(=O)c1c(NC(=O)C(C)Sc2cccc(NC(=O)/C(=C/c3ccco3)NC(=O)c3ccccc3)c2)sc(C(=O)Nc2ccccc2)c1C. The van der Waals surface area contributed by atoms with Gasteiger partial charge in [-0.25, -0.2) is 4.79 Å². The first kappa shape index (κ1) is 35.4. The van der Waals surface area contributed by atoms with Crippen LogP contribution in [0.2, 0.25) is 0 Å². The lowest BCUT2D eigenvalue weighted by Gasteiger charge is -2.14. The minimum Gasteiger partial charge on any atom is -0.465 e. The predicted octanol–water partition coefficient (Wildman–Crippen LogP) is 7.22. The lowest BCUT2D eigenvalue weighted by molar-refractivity contribution is -0.115. The van der Waals surface area contributed by atoms with Crippen LogP contribution in [0.3, 0.4) is 0 Å². The predicted molar refractivity (Wildman–Crippen MR) is 194 cm³/mol. The van der Waals surface area contributed by atoms with Crippen molar-refractivity contribution >= 4 is 75.1 Å². The van der Waals surface area contributed by atoms with E-state index in [1.165, 1.54) is 31.2 Å². The van der Waals surface area contributed by atoms with Gasteiger partial charge in [-0.05, 0) is 74.0 Å². The molecule has 5 rings (SSSR count). The fourth-order valence-corrected chi connectivity index (χ4v) is 6.67. The van der Waals surface area contributed by atoms with Crippen molar-refractivity contribution in [3.8, 4) is 0 Å². The van der Waals surface area contributed by atoms with Crippen molar-refractivity contribution < 1.29 is 33.1 Å². The molecule has 0 saturated heterocycles. The van der Waals surface area contributed by atoms with Crippen LogP contribution in [0.4, 0.5) is 16.4 Å². The summed E-state index contributed by atoms with van der Waals surface area (Å²) in [5.74, 6) is -2.22. The average molecular weight is 709 g/mol. The molecule has 1 atom stereocenters. The Hall–Kier alpha value is -5.92. The second-order valence-electron chi connectivity index (χ2n) is 10.7. The van der Waals surface area contributed by atoms with Gasteiger partial charge in [-0.3, -0.25) is 19.2 Å². The number of benzene rings is 3. The number of amides is 4. The van der Waals surface area contributed by atoms with Crippen molar-refractivity contribution in [1.82, 2.24) is 5.32 Å². The van der Waals surface area contributed by atoms with Gasteiger partial charge >= 0.3 is 5.97 Å². The van der Waals surface area contributed by atoms with Crippen LogP contribution >= 0.6 is 23.1 Å². The van der Waals surface area contributed by atoms with Crippen LogP contribution < -0.4 is 21.3 Å². The second kappa shape index (κ2) is 16.5. The lowest BCUT2D eigenvalue weighted by Crippen LogP contribution is -2.30. The number of ether oxygens (including phenoxy) is 1. The van der Waals surface area contributed by atoms with E-state index in [9.17, 15) is 24.0 Å². The van der Waals surface area contributed by atoms with Gasteiger partial charge in [-0.1, -0.05) is 42.5 Å². The van der Waals surface area contributed by atoms with Crippen LogP contribution in [0.25, 0.3) is 6.08 Å². The molecule has 0 fully saturated rings. The Balaban J connectivity index is 1.28. The second-order valence-corrected chi connectivity index (χ2v) is 13.1. The molecule has 2 heterocycles. The van der Waals surface area contributed by atoms with E-state index < -0.39 is 34.8 Å². The zero-order valence-corrected chi connectivity index (χ0v) is 28.8. The molecule has 0 spiro atoms. The van der Waals surface area contributed by atoms with E-state index in [1.54, 1.807) is 105 Å². The highest BCUT2D eigenvalue weighted by Gasteiger charge is 2.28. The van der Waals surface area contributed by atoms with Crippen molar-refractivity contribution in [2.24, 2.45) is 0 Å². The number of thiophene rings is 1. The first-order valence-corrected chi connectivity index (χ1v) is 16.9. The third kappa shape index (κ3) is 8.95. The third-order valence-electron chi connectivity index (χ3n) is 7.14. The number of nitrogens with one attached hydrogen (secondary N) is 4. The topological polar surface area (TPSA) is 156 Å². The van der Waals surface area contributed by atoms with Crippen LogP contribution in [0.5, 0.6) is 0 Å². The maximum Gasteiger partial charge on any atom is 0.341 e. The number of hydrogen-bond donors (Lipinski definition) is 4. The van der Waals surface area contributed by atoms with Crippen LogP contribution in [-0.4, -0.2) is 42.0 Å². The van der Waals surface area contributed by atoms with Crippen molar-refractivity contribution in [2.75, 3.05) is 23.1 Å². The van der Waals surface area contributed by atoms with Crippen molar-refractivity contribution in [2.45, 2.75) is 24.0 Å². The zero-order valence-electron chi connectivity index (χ0n) is 27.1. The summed E-state index contributed by atoms with van der Waals surface area (Å²) in [5.41, 5.74) is 1.82. The summed E-state index contributed by atoms with van der Waals surface area (Å²) in [6.07, 6.45) is 2.88. The number of para-hydroxylation sites is 1. The molecule has 50 heavy (non-hydrogen) atoms. The summed E-state index contributed by atoms with van der Waals surface area (Å²) in [6.45, 7) is 3.31. The van der Waals surface area contributed by atoms with Gasteiger partial charge in [0.25, 0.3) is 17.7 Å². The van der Waals surface area contributed by atoms with Crippen molar-refractivity contribution in [1.29, 1.82) is 0 Å². The average Bonchev–Trinajstić information content (AvgIpc) is 3.75. The molecule has 5 aromatic rings. The first-order valence-electron chi connectivity index (χ1n) is 15.2. The molecule has 11 nitrogen and oxygen atoms in total. The van der Waals surface area contributed by atoms with Gasteiger partial charge in [0.2, 0.25) is 5.91 Å². The highest BCUT2D eigenvalue weighted by molar-refractivity contribution is 8.00.